The van der Waals surface area contributed by atoms with E-state index in [1.54, 1.807) is 0 Å². The largest absolute Gasteiger partial charge is 0.512 e. The van der Waals surface area contributed by atoms with Crippen LogP contribution in [0.25, 0.3) is 0 Å². The summed E-state index contributed by atoms with van der Waals surface area (Å²) in [5, 5.41) is 0. The van der Waals surface area contributed by atoms with Crippen molar-refractivity contribution in [2.75, 3.05) is 0 Å². The maximum Gasteiger partial charge on any atom is 0.512 e. The normalized spacial score (nSPS) is 22.4. The standard InChI is InChI=1S/C13H22BNO2/c1-9(2)10-7-11(15-8-10)14-16-12(3,4)13(5,6)17-14/h7-9,15H,1-6H3. The quantitative estimate of drug-likeness (QED) is 0.799. The summed E-state index contributed by atoms with van der Waals surface area (Å²) in [6.07, 6.45) is 2.03. The van der Waals surface area contributed by atoms with E-state index in [1.807, 2.05) is 6.20 Å². The molecule has 0 saturated carbocycles. The van der Waals surface area contributed by atoms with Gasteiger partial charge in [0.25, 0.3) is 0 Å². The van der Waals surface area contributed by atoms with Gasteiger partial charge in [0.15, 0.2) is 0 Å². The van der Waals surface area contributed by atoms with Crippen molar-refractivity contribution in [2.45, 2.75) is 58.7 Å². The summed E-state index contributed by atoms with van der Waals surface area (Å²) >= 11 is 0. The van der Waals surface area contributed by atoms with Crippen LogP contribution in [0.3, 0.4) is 0 Å². The molecular formula is C13H22BNO2. The lowest BCUT2D eigenvalue weighted by Crippen LogP contribution is -2.41. The predicted molar refractivity (Wildman–Crippen MR) is 70.6 cm³/mol. The van der Waals surface area contributed by atoms with Gasteiger partial charge in [-0.05, 0) is 45.2 Å². The molecule has 4 heteroatoms. The molecule has 0 aromatic carbocycles. The highest BCUT2D eigenvalue weighted by atomic mass is 16.7. The molecule has 1 aliphatic rings. The van der Waals surface area contributed by atoms with Gasteiger partial charge in [-0.25, -0.2) is 0 Å². The fourth-order valence-corrected chi connectivity index (χ4v) is 1.87. The summed E-state index contributed by atoms with van der Waals surface area (Å²) in [7, 11) is -0.285. The number of aromatic nitrogens is 1. The zero-order chi connectivity index (χ0) is 12.8. The van der Waals surface area contributed by atoms with Gasteiger partial charge >= 0.3 is 7.12 Å². The maximum atomic E-state index is 5.99. The van der Waals surface area contributed by atoms with Crippen LogP contribution in [0.1, 0.15) is 53.0 Å². The average molecular weight is 235 g/mol. The van der Waals surface area contributed by atoms with E-state index in [2.05, 4.69) is 52.6 Å². The molecule has 1 saturated heterocycles. The van der Waals surface area contributed by atoms with Crippen LogP contribution in [0, 0.1) is 0 Å². The number of rotatable bonds is 2. The van der Waals surface area contributed by atoms with E-state index < -0.39 is 0 Å². The molecule has 1 fully saturated rings. The van der Waals surface area contributed by atoms with Crippen molar-refractivity contribution in [2.24, 2.45) is 0 Å². The molecule has 94 valence electrons. The smallest absolute Gasteiger partial charge is 0.398 e. The lowest BCUT2D eigenvalue weighted by molar-refractivity contribution is 0.00578. The Morgan fingerprint density at radius 3 is 2.06 bits per heavy atom. The highest BCUT2D eigenvalue weighted by molar-refractivity contribution is 6.61. The fraction of sp³-hybridized carbons (Fsp3) is 0.692. The fourth-order valence-electron chi connectivity index (χ4n) is 1.87. The van der Waals surface area contributed by atoms with Crippen molar-refractivity contribution in [3.05, 3.63) is 17.8 Å². The van der Waals surface area contributed by atoms with Crippen molar-refractivity contribution in [3.63, 3.8) is 0 Å². The molecule has 2 heterocycles. The third-order valence-electron chi connectivity index (χ3n) is 3.90. The molecule has 0 radical (unpaired) electrons. The molecule has 2 rings (SSSR count). The zero-order valence-corrected chi connectivity index (χ0v) is 11.6. The van der Waals surface area contributed by atoms with Crippen molar-refractivity contribution in [1.82, 2.24) is 4.98 Å². The van der Waals surface area contributed by atoms with E-state index in [4.69, 9.17) is 9.31 Å². The van der Waals surface area contributed by atoms with Crippen LogP contribution in [0.15, 0.2) is 12.3 Å². The Hall–Kier alpha value is -0.735. The number of nitrogens with one attached hydrogen (secondary N) is 1. The molecule has 0 unspecified atom stereocenters. The van der Waals surface area contributed by atoms with Gasteiger partial charge in [0.1, 0.15) is 0 Å². The molecule has 1 aromatic rings. The van der Waals surface area contributed by atoms with Gasteiger partial charge in [-0.15, -0.1) is 0 Å². The lowest BCUT2D eigenvalue weighted by atomic mass is 9.84. The predicted octanol–water partition coefficient (Wildman–Crippen LogP) is 2.44. The Balaban J connectivity index is 2.20. The molecule has 0 aliphatic carbocycles. The second-order valence-electron chi connectivity index (χ2n) is 6.13. The lowest BCUT2D eigenvalue weighted by Gasteiger charge is -2.32. The van der Waals surface area contributed by atoms with E-state index in [-0.39, 0.29) is 18.3 Å². The van der Waals surface area contributed by atoms with Crippen LogP contribution >= 0.6 is 0 Å². The number of H-pyrrole nitrogens is 1. The van der Waals surface area contributed by atoms with Crippen LogP contribution in [0.5, 0.6) is 0 Å². The minimum absolute atomic E-state index is 0.277. The van der Waals surface area contributed by atoms with E-state index in [1.165, 1.54) is 5.56 Å². The molecule has 17 heavy (non-hydrogen) atoms. The summed E-state index contributed by atoms with van der Waals surface area (Å²) < 4.78 is 12.0. The summed E-state index contributed by atoms with van der Waals surface area (Å²) in [6, 6.07) is 2.13. The molecule has 0 amide bonds. The summed E-state index contributed by atoms with van der Waals surface area (Å²) in [5.41, 5.74) is 1.74. The average Bonchev–Trinajstić information content (AvgIpc) is 2.70. The Labute approximate surface area is 104 Å². The van der Waals surface area contributed by atoms with Crippen LogP contribution in [0.4, 0.5) is 0 Å². The summed E-state index contributed by atoms with van der Waals surface area (Å²) in [5.74, 6) is 0.516. The Morgan fingerprint density at radius 1 is 1.12 bits per heavy atom. The third-order valence-corrected chi connectivity index (χ3v) is 3.90. The van der Waals surface area contributed by atoms with Crippen molar-refractivity contribution in [1.29, 1.82) is 0 Å². The highest BCUT2D eigenvalue weighted by Gasteiger charge is 2.52. The monoisotopic (exact) mass is 235 g/mol. The highest BCUT2D eigenvalue weighted by Crippen LogP contribution is 2.36. The van der Waals surface area contributed by atoms with Gasteiger partial charge in [-0.2, -0.15) is 0 Å². The second kappa shape index (κ2) is 3.89. The van der Waals surface area contributed by atoms with Gasteiger partial charge in [-0.1, -0.05) is 13.8 Å². The maximum absolute atomic E-state index is 5.99. The van der Waals surface area contributed by atoms with Gasteiger partial charge in [0, 0.05) is 11.8 Å². The van der Waals surface area contributed by atoms with E-state index in [0.717, 1.165) is 5.59 Å². The number of hydrogen-bond donors (Lipinski definition) is 1. The Bertz CT molecular complexity index is 393. The van der Waals surface area contributed by atoms with Crippen LogP contribution in [-0.2, 0) is 9.31 Å². The minimum atomic E-state index is -0.285. The van der Waals surface area contributed by atoms with Crippen LogP contribution < -0.4 is 5.59 Å². The second-order valence-corrected chi connectivity index (χ2v) is 6.13. The van der Waals surface area contributed by atoms with E-state index >= 15 is 0 Å². The first-order valence-electron chi connectivity index (χ1n) is 6.27. The molecule has 1 aliphatic heterocycles. The number of aromatic amines is 1. The van der Waals surface area contributed by atoms with Gasteiger partial charge in [0.05, 0.1) is 11.2 Å². The SMILES string of the molecule is CC(C)c1c[nH]c(B2OC(C)(C)C(C)(C)O2)c1. The first-order chi connectivity index (χ1) is 7.73. The third kappa shape index (κ3) is 2.16. The molecule has 0 atom stereocenters. The molecular weight excluding hydrogens is 213 g/mol. The van der Waals surface area contributed by atoms with E-state index in [9.17, 15) is 0 Å². The minimum Gasteiger partial charge on any atom is -0.398 e. The van der Waals surface area contributed by atoms with E-state index in [0.29, 0.717) is 5.92 Å². The van der Waals surface area contributed by atoms with Gasteiger partial charge < -0.3 is 14.3 Å². The van der Waals surface area contributed by atoms with Crippen LogP contribution in [0.2, 0.25) is 0 Å². The molecule has 0 bridgehead atoms. The summed E-state index contributed by atoms with van der Waals surface area (Å²) in [6.45, 7) is 12.6. The first kappa shape index (κ1) is 12.7. The van der Waals surface area contributed by atoms with Crippen molar-refractivity contribution >= 4 is 12.7 Å². The zero-order valence-electron chi connectivity index (χ0n) is 11.6. The number of hydrogen-bond acceptors (Lipinski definition) is 2. The molecule has 1 aromatic heterocycles. The molecule has 3 nitrogen and oxygen atoms in total. The molecule has 0 spiro atoms. The Kier molecular flexibility index (Phi) is 2.91. The van der Waals surface area contributed by atoms with Crippen molar-refractivity contribution in [3.8, 4) is 0 Å². The van der Waals surface area contributed by atoms with Crippen LogP contribution in [-0.4, -0.2) is 23.3 Å². The first-order valence-corrected chi connectivity index (χ1v) is 6.27. The van der Waals surface area contributed by atoms with Crippen molar-refractivity contribution < 1.29 is 9.31 Å². The van der Waals surface area contributed by atoms with Gasteiger partial charge in [0.2, 0.25) is 0 Å². The van der Waals surface area contributed by atoms with Gasteiger partial charge in [-0.3, -0.25) is 0 Å². The summed E-state index contributed by atoms with van der Waals surface area (Å²) in [4.78, 5) is 3.25. The Morgan fingerprint density at radius 2 is 1.65 bits per heavy atom. The topological polar surface area (TPSA) is 34.2 Å². The molecule has 1 N–H and O–H groups in total.